The van der Waals surface area contributed by atoms with Gasteiger partial charge in [-0.25, -0.2) is 13.6 Å². The first kappa shape index (κ1) is 28.1. The van der Waals surface area contributed by atoms with Crippen LogP contribution in [0.1, 0.15) is 52.0 Å². The van der Waals surface area contributed by atoms with Crippen LogP contribution in [0.25, 0.3) is 0 Å². The molecular formula is C30H33F2N5O5. The molecule has 2 N–H and O–H groups in total. The molecule has 0 spiro atoms. The summed E-state index contributed by atoms with van der Waals surface area (Å²) < 4.78 is 29.7. The highest BCUT2D eigenvalue weighted by Crippen LogP contribution is 2.33. The lowest BCUT2D eigenvalue weighted by molar-refractivity contribution is -0.136. The van der Waals surface area contributed by atoms with E-state index in [4.69, 9.17) is 5.11 Å². The molecule has 3 fully saturated rings. The largest absolute Gasteiger partial charge is 0.478 e. The maximum Gasteiger partial charge on any atom is 0.335 e. The van der Waals surface area contributed by atoms with E-state index in [2.05, 4.69) is 10.2 Å². The molecule has 4 aliphatic heterocycles. The Morgan fingerprint density at radius 2 is 1.57 bits per heavy atom. The number of hydrogen-bond acceptors (Lipinski definition) is 7. The molecule has 4 aliphatic rings. The first-order valence-corrected chi connectivity index (χ1v) is 14.4. The number of imide groups is 1. The summed E-state index contributed by atoms with van der Waals surface area (Å²) in [5.41, 5.74) is 1.78. The lowest BCUT2D eigenvalue weighted by Gasteiger charge is -2.40. The fraction of sp³-hybridized carbons (Fsp3) is 0.467. The lowest BCUT2D eigenvalue weighted by Crippen LogP contribution is -2.52. The number of anilines is 2. The van der Waals surface area contributed by atoms with Crippen molar-refractivity contribution in [2.45, 2.75) is 38.3 Å². The number of hydrogen-bond donors (Lipinski definition) is 2. The van der Waals surface area contributed by atoms with Crippen LogP contribution in [0.3, 0.4) is 0 Å². The van der Waals surface area contributed by atoms with Crippen molar-refractivity contribution in [2.24, 2.45) is 5.92 Å². The number of nitrogens with one attached hydrogen (secondary N) is 1. The second kappa shape index (κ2) is 11.3. The number of fused-ring (bicyclic) bond motifs is 1. The molecule has 3 saturated heterocycles. The fourth-order valence-electron chi connectivity index (χ4n) is 6.61. The summed E-state index contributed by atoms with van der Waals surface area (Å²) in [7, 11) is 0. The normalized spacial score (nSPS) is 22.0. The maximum absolute atomic E-state index is 15.2. The second-order valence-electron chi connectivity index (χ2n) is 11.6. The molecule has 222 valence electrons. The van der Waals surface area contributed by atoms with E-state index in [0.29, 0.717) is 49.0 Å². The standard InChI is InChI=1S/C30H33F2N5O5/c31-22-13-19(30(41)42)1-2-24(22)35-7-5-18(6-8-35)16-34-9-11-36(12-10-34)26-14-20-17-37(29(40)21(20)15-23(26)32)25-3-4-27(38)33-28(25)39/h1-2,13-15,18,25H,3-12,16-17H2,(H,41,42)(H,33,38,39). The fourth-order valence-corrected chi connectivity index (χ4v) is 6.61. The number of carbonyl (C=O) groups is 4. The van der Waals surface area contributed by atoms with Gasteiger partial charge in [0.05, 0.1) is 16.9 Å². The van der Waals surface area contributed by atoms with Crippen molar-refractivity contribution >= 4 is 35.1 Å². The Balaban J connectivity index is 1.02. The van der Waals surface area contributed by atoms with Crippen LogP contribution in [0.5, 0.6) is 0 Å². The van der Waals surface area contributed by atoms with Gasteiger partial charge in [-0.15, -0.1) is 0 Å². The average molecular weight is 582 g/mol. The number of carboxylic acid groups (broad SMARTS) is 1. The molecule has 10 nitrogen and oxygen atoms in total. The first-order valence-electron chi connectivity index (χ1n) is 14.4. The predicted octanol–water partition coefficient (Wildman–Crippen LogP) is 2.46. The third-order valence-electron chi connectivity index (χ3n) is 8.97. The second-order valence-corrected chi connectivity index (χ2v) is 11.6. The van der Waals surface area contributed by atoms with Crippen LogP contribution in [-0.2, 0) is 16.1 Å². The molecule has 0 radical (unpaired) electrons. The van der Waals surface area contributed by atoms with Crippen LogP contribution in [0.4, 0.5) is 20.2 Å². The summed E-state index contributed by atoms with van der Waals surface area (Å²) in [6.07, 6.45) is 2.23. The van der Waals surface area contributed by atoms with Gasteiger partial charge >= 0.3 is 5.97 Å². The number of rotatable bonds is 6. The number of benzene rings is 2. The number of nitrogens with zero attached hydrogens (tertiary/aromatic N) is 4. The molecule has 1 unspecified atom stereocenters. The minimum Gasteiger partial charge on any atom is -0.478 e. The predicted molar refractivity (Wildman–Crippen MR) is 149 cm³/mol. The molecule has 3 amide bonds. The molecular weight excluding hydrogens is 548 g/mol. The number of amides is 3. The Kier molecular flexibility index (Phi) is 7.56. The zero-order chi connectivity index (χ0) is 29.5. The Labute approximate surface area is 241 Å². The van der Waals surface area contributed by atoms with E-state index in [0.717, 1.165) is 38.5 Å². The Hall–Kier alpha value is -4.06. The first-order chi connectivity index (χ1) is 20.2. The Morgan fingerprint density at radius 1 is 0.881 bits per heavy atom. The lowest BCUT2D eigenvalue weighted by atomic mass is 9.95. The molecule has 0 saturated carbocycles. The van der Waals surface area contributed by atoms with E-state index in [9.17, 15) is 23.6 Å². The zero-order valence-electron chi connectivity index (χ0n) is 23.2. The van der Waals surface area contributed by atoms with Crippen molar-refractivity contribution in [3.8, 4) is 0 Å². The summed E-state index contributed by atoms with van der Waals surface area (Å²) in [6, 6.07) is 6.31. The van der Waals surface area contributed by atoms with Gasteiger partial charge in [0.2, 0.25) is 11.8 Å². The molecule has 6 rings (SSSR count). The molecule has 0 bridgehead atoms. The summed E-state index contributed by atoms with van der Waals surface area (Å²) in [5, 5.41) is 11.4. The monoisotopic (exact) mass is 581 g/mol. The van der Waals surface area contributed by atoms with Crippen LogP contribution in [0, 0.1) is 17.6 Å². The van der Waals surface area contributed by atoms with Gasteiger partial charge in [-0.1, -0.05) is 0 Å². The third kappa shape index (κ3) is 5.42. The van der Waals surface area contributed by atoms with Crippen molar-refractivity contribution in [3.05, 3.63) is 58.7 Å². The zero-order valence-corrected chi connectivity index (χ0v) is 23.2. The van der Waals surface area contributed by atoms with Crippen LogP contribution in [0.15, 0.2) is 30.3 Å². The number of aromatic carboxylic acids is 1. The summed E-state index contributed by atoms with van der Waals surface area (Å²) in [6.45, 7) is 5.32. The summed E-state index contributed by atoms with van der Waals surface area (Å²) in [5.74, 6) is -2.90. The smallest absolute Gasteiger partial charge is 0.335 e. The topological polar surface area (TPSA) is 114 Å². The van der Waals surface area contributed by atoms with Gasteiger partial charge in [0, 0.05) is 64.3 Å². The number of piperidine rings is 2. The molecule has 4 heterocycles. The van der Waals surface area contributed by atoms with Crippen molar-refractivity contribution in [1.82, 2.24) is 15.1 Å². The number of halogens is 2. The number of carbonyl (C=O) groups excluding carboxylic acids is 3. The van der Waals surface area contributed by atoms with E-state index in [1.807, 2.05) is 9.80 Å². The van der Waals surface area contributed by atoms with Gasteiger partial charge in [0.15, 0.2) is 0 Å². The van der Waals surface area contributed by atoms with Crippen LogP contribution in [0.2, 0.25) is 0 Å². The summed E-state index contributed by atoms with van der Waals surface area (Å²) in [4.78, 5) is 55.7. The van der Waals surface area contributed by atoms with Gasteiger partial charge in [-0.2, -0.15) is 0 Å². The van der Waals surface area contributed by atoms with Crippen molar-refractivity contribution in [2.75, 3.05) is 55.6 Å². The quantitative estimate of drug-likeness (QED) is 0.501. The molecule has 2 aromatic rings. The van der Waals surface area contributed by atoms with Crippen LogP contribution < -0.4 is 15.1 Å². The number of carboxylic acids is 1. The van der Waals surface area contributed by atoms with Gasteiger partial charge in [0.25, 0.3) is 5.91 Å². The van der Waals surface area contributed by atoms with Crippen molar-refractivity contribution in [1.29, 1.82) is 0 Å². The molecule has 0 aliphatic carbocycles. The van der Waals surface area contributed by atoms with E-state index < -0.39 is 29.6 Å². The molecule has 42 heavy (non-hydrogen) atoms. The Bertz CT molecular complexity index is 1440. The van der Waals surface area contributed by atoms with Crippen molar-refractivity contribution in [3.63, 3.8) is 0 Å². The molecule has 12 heteroatoms. The van der Waals surface area contributed by atoms with Crippen LogP contribution in [-0.4, -0.2) is 90.5 Å². The minimum absolute atomic E-state index is 0.0623. The van der Waals surface area contributed by atoms with E-state index >= 15 is 4.39 Å². The Morgan fingerprint density at radius 3 is 2.24 bits per heavy atom. The molecule has 0 aromatic heterocycles. The molecule has 1 atom stereocenters. The van der Waals surface area contributed by atoms with Gasteiger partial charge in [0.1, 0.15) is 17.7 Å². The van der Waals surface area contributed by atoms with Gasteiger partial charge < -0.3 is 19.8 Å². The average Bonchev–Trinajstić information content (AvgIpc) is 3.28. The number of piperazine rings is 1. The third-order valence-corrected chi connectivity index (χ3v) is 8.97. The van der Waals surface area contributed by atoms with E-state index in [1.54, 1.807) is 12.1 Å². The highest BCUT2D eigenvalue weighted by molar-refractivity contribution is 6.05. The minimum atomic E-state index is -1.15. The van der Waals surface area contributed by atoms with E-state index in [-0.39, 0.29) is 42.3 Å². The van der Waals surface area contributed by atoms with Gasteiger partial charge in [-0.05, 0) is 61.1 Å². The SMILES string of the molecule is O=C1CCC(N2Cc3cc(N4CCN(CC5CCN(c6ccc(C(=O)O)cc6F)CC5)CC4)c(F)cc3C2=O)C(=O)N1. The maximum atomic E-state index is 15.2. The van der Waals surface area contributed by atoms with E-state index in [1.165, 1.54) is 17.0 Å². The molecule has 2 aromatic carbocycles. The van der Waals surface area contributed by atoms with Crippen LogP contribution >= 0.6 is 0 Å². The van der Waals surface area contributed by atoms with Crippen molar-refractivity contribution < 1.29 is 33.1 Å². The highest BCUT2D eigenvalue weighted by Gasteiger charge is 2.40. The highest BCUT2D eigenvalue weighted by atomic mass is 19.1. The summed E-state index contributed by atoms with van der Waals surface area (Å²) >= 11 is 0. The van der Waals surface area contributed by atoms with Gasteiger partial charge in [-0.3, -0.25) is 24.6 Å².